The van der Waals surface area contributed by atoms with Gasteiger partial charge in [0, 0.05) is 11.8 Å². The molecular weight excluding hydrogens is 227 g/mol. The Labute approximate surface area is 95.7 Å². The normalized spacial score (nSPS) is 20.7. The quantitative estimate of drug-likeness (QED) is 0.826. The summed E-state index contributed by atoms with van der Waals surface area (Å²) >= 11 is 1.83. The van der Waals surface area contributed by atoms with E-state index in [9.17, 15) is 9.18 Å². The van der Waals surface area contributed by atoms with Crippen molar-refractivity contribution < 1.29 is 4.39 Å². The zero-order valence-electron chi connectivity index (χ0n) is 8.57. The van der Waals surface area contributed by atoms with E-state index in [-0.39, 0.29) is 17.5 Å². The highest BCUT2D eigenvalue weighted by Gasteiger charge is 2.22. The molecular formula is C11H11FN2OS. The molecule has 0 saturated carbocycles. The predicted octanol–water partition coefficient (Wildman–Crippen LogP) is 2.15. The van der Waals surface area contributed by atoms with Crippen molar-refractivity contribution in [1.29, 1.82) is 0 Å². The summed E-state index contributed by atoms with van der Waals surface area (Å²) in [6.07, 6.45) is 0.980. The van der Waals surface area contributed by atoms with Crippen LogP contribution in [-0.4, -0.2) is 21.1 Å². The fraction of sp³-hybridized carbons (Fsp3) is 0.364. The number of nitrogens with zero attached hydrogens (tertiary/aromatic N) is 1. The number of nitrogens with one attached hydrogen (secondary N) is 1. The van der Waals surface area contributed by atoms with Gasteiger partial charge in [0.25, 0.3) is 0 Å². The number of hydrogen-bond acceptors (Lipinski definition) is 2. The maximum Gasteiger partial charge on any atom is 0.326 e. The van der Waals surface area contributed by atoms with E-state index in [0.29, 0.717) is 11.0 Å². The molecule has 1 aliphatic heterocycles. The zero-order chi connectivity index (χ0) is 11.1. The van der Waals surface area contributed by atoms with Crippen molar-refractivity contribution in [3.05, 3.63) is 34.5 Å². The number of benzene rings is 1. The maximum absolute atomic E-state index is 13.5. The van der Waals surface area contributed by atoms with Gasteiger partial charge in [0.15, 0.2) is 0 Å². The number of imidazole rings is 1. The maximum atomic E-state index is 13.5. The number of halogens is 1. The van der Waals surface area contributed by atoms with Gasteiger partial charge in [-0.25, -0.2) is 9.18 Å². The number of hydrogen-bond donors (Lipinski definition) is 1. The minimum atomic E-state index is -0.362. The smallest absolute Gasteiger partial charge is 0.303 e. The van der Waals surface area contributed by atoms with Crippen LogP contribution in [-0.2, 0) is 0 Å². The van der Waals surface area contributed by atoms with E-state index in [4.69, 9.17) is 0 Å². The Kier molecular flexibility index (Phi) is 2.28. The van der Waals surface area contributed by atoms with E-state index in [1.807, 2.05) is 11.8 Å². The van der Waals surface area contributed by atoms with E-state index < -0.39 is 0 Å². The van der Waals surface area contributed by atoms with Crippen molar-refractivity contribution >= 4 is 22.8 Å². The Balaban J connectivity index is 2.27. The van der Waals surface area contributed by atoms with E-state index in [0.717, 1.165) is 17.9 Å². The van der Waals surface area contributed by atoms with Gasteiger partial charge in [0.2, 0.25) is 0 Å². The lowest BCUT2D eigenvalue weighted by Gasteiger charge is -2.09. The van der Waals surface area contributed by atoms with Crippen LogP contribution in [0.2, 0.25) is 0 Å². The average molecular weight is 238 g/mol. The number of fused-ring (bicyclic) bond motifs is 1. The Morgan fingerprint density at radius 2 is 2.38 bits per heavy atom. The predicted molar refractivity (Wildman–Crippen MR) is 63.5 cm³/mol. The van der Waals surface area contributed by atoms with Gasteiger partial charge in [0.05, 0.1) is 5.52 Å². The molecule has 1 aromatic heterocycles. The summed E-state index contributed by atoms with van der Waals surface area (Å²) in [7, 11) is 0. The lowest BCUT2D eigenvalue weighted by atomic mass is 10.2. The molecule has 5 heteroatoms. The van der Waals surface area contributed by atoms with Gasteiger partial charge < -0.3 is 4.98 Å². The summed E-state index contributed by atoms with van der Waals surface area (Å²) in [5.74, 6) is 1.64. The Bertz CT molecular complexity index is 583. The minimum Gasteiger partial charge on any atom is -0.303 e. The second kappa shape index (κ2) is 3.66. The van der Waals surface area contributed by atoms with E-state index in [1.54, 1.807) is 16.7 Å². The molecule has 1 aromatic carbocycles. The number of thioether (sulfide) groups is 1. The first-order chi connectivity index (χ1) is 7.77. The van der Waals surface area contributed by atoms with E-state index in [2.05, 4.69) is 4.98 Å². The highest BCUT2D eigenvalue weighted by Crippen LogP contribution is 2.29. The minimum absolute atomic E-state index is 0.201. The third-order valence-electron chi connectivity index (χ3n) is 2.97. The summed E-state index contributed by atoms with van der Waals surface area (Å²) in [4.78, 5) is 14.4. The van der Waals surface area contributed by atoms with Crippen molar-refractivity contribution in [3.8, 4) is 0 Å². The molecule has 0 aliphatic carbocycles. The van der Waals surface area contributed by atoms with Gasteiger partial charge in [-0.15, -0.1) is 0 Å². The number of H-pyrrole nitrogens is 1. The molecule has 84 valence electrons. The number of aromatic amines is 1. The second-order valence-corrected chi connectivity index (χ2v) is 5.10. The summed E-state index contributed by atoms with van der Waals surface area (Å²) in [6.45, 7) is 0. The number of aromatic nitrogens is 2. The van der Waals surface area contributed by atoms with Crippen LogP contribution in [0.25, 0.3) is 11.0 Å². The molecule has 3 rings (SSSR count). The first kappa shape index (κ1) is 9.96. The molecule has 1 N–H and O–H groups in total. The molecule has 3 nitrogen and oxygen atoms in total. The van der Waals surface area contributed by atoms with Crippen LogP contribution in [0.3, 0.4) is 0 Å². The molecule has 1 fully saturated rings. The summed E-state index contributed by atoms with van der Waals surface area (Å²) in [5, 5.41) is 0. The monoisotopic (exact) mass is 238 g/mol. The molecule has 16 heavy (non-hydrogen) atoms. The third kappa shape index (κ3) is 1.38. The molecule has 2 aromatic rings. The Hall–Kier alpha value is -1.23. The standard InChI is InChI=1S/C11H11FN2OS/c12-8-2-1-3-9-10(8)13-11(15)14(9)7-4-5-16-6-7/h1-3,7H,4-6H2,(H,13,15). The first-order valence-corrected chi connectivity index (χ1v) is 6.39. The zero-order valence-corrected chi connectivity index (χ0v) is 9.39. The second-order valence-electron chi connectivity index (χ2n) is 3.95. The van der Waals surface area contributed by atoms with Crippen LogP contribution in [0.5, 0.6) is 0 Å². The van der Waals surface area contributed by atoms with Crippen LogP contribution in [0, 0.1) is 5.82 Å². The van der Waals surface area contributed by atoms with Gasteiger partial charge in [0.1, 0.15) is 11.3 Å². The van der Waals surface area contributed by atoms with Gasteiger partial charge in [-0.05, 0) is 24.3 Å². The molecule has 1 aliphatic rings. The van der Waals surface area contributed by atoms with Crippen LogP contribution in [0.15, 0.2) is 23.0 Å². The molecule has 0 spiro atoms. The fourth-order valence-corrected chi connectivity index (χ4v) is 3.40. The van der Waals surface area contributed by atoms with Crippen LogP contribution < -0.4 is 5.69 Å². The lowest BCUT2D eigenvalue weighted by Crippen LogP contribution is -2.21. The molecule has 0 bridgehead atoms. The molecule has 1 atom stereocenters. The number of para-hydroxylation sites is 1. The van der Waals surface area contributed by atoms with Crippen LogP contribution in [0.1, 0.15) is 12.5 Å². The fourth-order valence-electron chi connectivity index (χ4n) is 2.20. The van der Waals surface area contributed by atoms with Crippen molar-refractivity contribution in [1.82, 2.24) is 9.55 Å². The highest BCUT2D eigenvalue weighted by molar-refractivity contribution is 7.99. The lowest BCUT2D eigenvalue weighted by molar-refractivity contribution is 0.559. The molecule has 0 radical (unpaired) electrons. The van der Waals surface area contributed by atoms with Gasteiger partial charge in [-0.3, -0.25) is 4.57 Å². The summed E-state index contributed by atoms with van der Waals surface area (Å²) in [5.41, 5.74) is 0.800. The molecule has 0 amide bonds. The van der Waals surface area contributed by atoms with Crippen molar-refractivity contribution in [3.63, 3.8) is 0 Å². The van der Waals surface area contributed by atoms with Crippen molar-refractivity contribution in [2.24, 2.45) is 0 Å². The number of rotatable bonds is 1. The highest BCUT2D eigenvalue weighted by atomic mass is 32.2. The van der Waals surface area contributed by atoms with Crippen molar-refractivity contribution in [2.75, 3.05) is 11.5 Å². The van der Waals surface area contributed by atoms with Crippen molar-refractivity contribution in [2.45, 2.75) is 12.5 Å². The van der Waals surface area contributed by atoms with Crippen LogP contribution >= 0.6 is 11.8 Å². The first-order valence-electron chi connectivity index (χ1n) is 5.24. The van der Waals surface area contributed by atoms with Crippen LogP contribution in [0.4, 0.5) is 4.39 Å². The summed E-state index contributed by atoms with van der Waals surface area (Å²) < 4.78 is 15.2. The Morgan fingerprint density at radius 3 is 3.12 bits per heavy atom. The molecule has 2 heterocycles. The topological polar surface area (TPSA) is 37.8 Å². The average Bonchev–Trinajstić information content (AvgIpc) is 2.85. The van der Waals surface area contributed by atoms with Gasteiger partial charge in [-0.2, -0.15) is 11.8 Å². The van der Waals surface area contributed by atoms with Gasteiger partial charge in [-0.1, -0.05) is 6.07 Å². The third-order valence-corrected chi connectivity index (χ3v) is 4.12. The molecule has 1 unspecified atom stereocenters. The van der Waals surface area contributed by atoms with Gasteiger partial charge >= 0.3 is 5.69 Å². The summed E-state index contributed by atoms with van der Waals surface area (Å²) in [6, 6.07) is 5.00. The van der Waals surface area contributed by atoms with E-state index >= 15 is 0 Å². The van der Waals surface area contributed by atoms with E-state index in [1.165, 1.54) is 6.07 Å². The molecule has 1 saturated heterocycles. The SMILES string of the molecule is O=c1[nH]c2c(F)cccc2n1C1CCSC1. The largest absolute Gasteiger partial charge is 0.326 e. The Morgan fingerprint density at radius 1 is 1.50 bits per heavy atom.